The molecule has 1 atom stereocenters. The molecule has 0 aliphatic carbocycles. The molecule has 0 bridgehead atoms. The van der Waals surface area contributed by atoms with Crippen molar-refractivity contribution in [3.63, 3.8) is 0 Å². The summed E-state index contributed by atoms with van der Waals surface area (Å²) in [5, 5.41) is 8.91. The smallest absolute Gasteiger partial charge is 0.169 e. The van der Waals surface area contributed by atoms with Crippen molar-refractivity contribution in [3.05, 3.63) is 28.2 Å². The first-order chi connectivity index (χ1) is 7.22. The average molecular weight is 270 g/mol. The van der Waals surface area contributed by atoms with E-state index in [-0.39, 0.29) is 0 Å². The Morgan fingerprint density at radius 3 is 2.73 bits per heavy atom. The maximum absolute atomic E-state index is 8.91. The number of halogens is 1. The van der Waals surface area contributed by atoms with Crippen LogP contribution in [-0.2, 0) is 4.74 Å². The lowest BCUT2D eigenvalue weighted by Crippen LogP contribution is -2.01. The molecule has 1 rings (SSSR count). The Morgan fingerprint density at radius 2 is 2.27 bits per heavy atom. The molecule has 0 spiro atoms. The Morgan fingerprint density at radius 1 is 1.53 bits per heavy atom. The highest BCUT2D eigenvalue weighted by molar-refractivity contribution is 9.10. The number of nitrogens with zero attached hydrogens (tertiary/aromatic N) is 1. The number of rotatable bonds is 4. The molecule has 80 valence electrons. The summed E-state index contributed by atoms with van der Waals surface area (Å²) in [7, 11) is 1.60. The molecular weight excluding hydrogens is 258 g/mol. The highest BCUT2D eigenvalue weighted by Crippen LogP contribution is 2.28. The molecule has 0 aliphatic rings. The van der Waals surface area contributed by atoms with Gasteiger partial charge in [-0.1, -0.05) is 6.07 Å². The molecule has 1 unspecified atom stereocenters. The van der Waals surface area contributed by atoms with Crippen LogP contribution in [0.5, 0.6) is 5.75 Å². The predicted molar refractivity (Wildman–Crippen MR) is 60.7 cm³/mol. The van der Waals surface area contributed by atoms with E-state index in [1.54, 1.807) is 7.11 Å². The monoisotopic (exact) mass is 269 g/mol. The number of methoxy groups -OCH3 is 1. The van der Waals surface area contributed by atoms with E-state index in [2.05, 4.69) is 22.0 Å². The highest BCUT2D eigenvalue weighted by Gasteiger charge is 2.11. The SMILES string of the molecule is CCOC(C#N)c1ccc(OC)c(Br)c1. The minimum Gasteiger partial charge on any atom is -0.496 e. The van der Waals surface area contributed by atoms with E-state index >= 15 is 0 Å². The van der Waals surface area contributed by atoms with Gasteiger partial charge in [-0.2, -0.15) is 5.26 Å². The molecule has 0 aromatic heterocycles. The molecule has 0 saturated carbocycles. The zero-order chi connectivity index (χ0) is 11.3. The van der Waals surface area contributed by atoms with Crippen molar-refractivity contribution in [2.24, 2.45) is 0 Å². The first-order valence-electron chi connectivity index (χ1n) is 4.57. The summed E-state index contributed by atoms with van der Waals surface area (Å²) in [4.78, 5) is 0. The van der Waals surface area contributed by atoms with Gasteiger partial charge in [0.1, 0.15) is 5.75 Å². The zero-order valence-corrected chi connectivity index (χ0v) is 10.2. The van der Waals surface area contributed by atoms with Gasteiger partial charge < -0.3 is 9.47 Å². The van der Waals surface area contributed by atoms with E-state index in [4.69, 9.17) is 14.7 Å². The van der Waals surface area contributed by atoms with Gasteiger partial charge in [-0.25, -0.2) is 0 Å². The third-order valence-electron chi connectivity index (χ3n) is 1.93. The fourth-order valence-corrected chi connectivity index (χ4v) is 1.78. The molecule has 1 aromatic carbocycles. The molecule has 0 amide bonds. The summed E-state index contributed by atoms with van der Waals surface area (Å²) < 4.78 is 11.2. The quantitative estimate of drug-likeness (QED) is 0.844. The second-order valence-corrected chi connectivity index (χ2v) is 3.71. The lowest BCUT2D eigenvalue weighted by Gasteiger charge is -2.11. The maximum Gasteiger partial charge on any atom is 0.169 e. The molecule has 0 aliphatic heterocycles. The summed E-state index contributed by atoms with van der Waals surface area (Å²) in [6, 6.07) is 7.57. The molecule has 1 aromatic rings. The van der Waals surface area contributed by atoms with Crippen molar-refractivity contribution in [3.8, 4) is 11.8 Å². The molecule has 15 heavy (non-hydrogen) atoms. The molecule has 0 fully saturated rings. The van der Waals surface area contributed by atoms with Gasteiger partial charge >= 0.3 is 0 Å². The molecule has 3 nitrogen and oxygen atoms in total. The minimum absolute atomic E-state index is 0.516. The fraction of sp³-hybridized carbons (Fsp3) is 0.364. The van der Waals surface area contributed by atoms with Crippen LogP contribution < -0.4 is 4.74 Å². The molecule has 0 N–H and O–H groups in total. The van der Waals surface area contributed by atoms with Crippen LogP contribution >= 0.6 is 15.9 Å². The summed E-state index contributed by atoms with van der Waals surface area (Å²) in [6.45, 7) is 2.38. The second kappa shape index (κ2) is 5.74. The van der Waals surface area contributed by atoms with Crippen LogP contribution in [0.3, 0.4) is 0 Å². The van der Waals surface area contributed by atoms with Crippen molar-refractivity contribution >= 4 is 15.9 Å². The maximum atomic E-state index is 8.91. The van der Waals surface area contributed by atoms with E-state index in [1.807, 2.05) is 25.1 Å². The standard InChI is InChI=1S/C11H12BrNO2/c1-3-15-11(7-13)8-4-5-10(14-2)9(12)6-8/h4-6,11H,3H2,1-2H3. The van der Waals surface area contributed by atoms with Crippen molar-refractivity contribution in [1.29, 1.82) is 5.26 Å². The fourth-order valence-electron chi connectivity index (χ4n) is 1.22. The van der Waals surface area contributed by atoms with E-state index in [9.17, 15) is 0 Å². The van der Waals surface area contributed by atoms with Crippen molar-refractivity contribution < 1.29 is 9.47 Å². The molecule has 4 heteroatoms. The molecular formula is C11H12BrNO2. The van der Waals surface area contributed by atoms with Crippen LogP contribution in [0.25, 0.3) is 0 Å². The third-order valence-corrected chi connectivity index (χ3v) is 2.55. The largest absolute Gasteiger partial charge is 0.496 e. The van der Waals surface area contributed by atoms with Crippen LogP contribution in [0.1, 0.15) is 18.6 Å². The zero-order valence-electron chi connectivity index (χ0n) is 8.66. The van der Waals surface area contributed by atoms with Gasteiger partial charge in [0.05, 0.1) is 17.7 Å². The van der Waals surface area contributed by atoms with Gasteiger partial charge in [0.25, 0.3) is 0 Å². The van der Waals surface area contributed by atoms with Crippen molar-refractivity contribution in [1.82, 2.24) is 0 Å². The predicted octanol–water partition coefficient (Wildman–Crippen LogP) is 3.06. The molecule has 0 radical (unpaired) electrons. The number of ether oxygens (including phenoxy) is 2. The van der Waals surface area contributed by atoms with E-state index in [1.165, 1.54) is 0 Å². The lowest BCUT2D eigenvalue weighted by molar-refractivity contribution is 0.102. The van der Waals surface area contributed by atoms with Gasteiger partial charge in [-0.05, 0) is 40.5 Å². The van der Waals surface area contributed by atoms with Crippen LogP contribution in [0.4, 0.5) is 0 Å². The Hall–Kier alpha value is -1.05. The van der Waals surface area contributed by atoms with Gasteiger partial charge in [-0.3, -0.25) is 0 Å². The van der Waals surface area contributed by atoms with Crippen molar-refractivity contribution in [2.75, 3.05) is 13.7 Å². The summed E-state index contributed by atoms with van der Waals surface area (Å²) in [6.07, 6.45) is -0.516. The Bertz CT molecular complexity index is 373. The van der Waals surface area contributed by atoms with E-state index in [0.717, 1.165) is 15.8 Å². The normalized spacial score (nSPS) is 11.9. The molecule has 0 saturated heterocycles. The van der Waals surface area contributed by atoms with Crippen LogP contribution in [0, 0.1) is 11.3 Å². The third kappa shape index (κ3) is 2.95. The first kappa shape index (κ1) is 12.0. The summed E-state index contributed by atoms with van der Waals surface area (Å²) in [5.41, 5.74) is 0.826. The summed E-state index contributed by atoms with van der Waals surface area (Å²) in [5.74, 6) is 0.743. The number of hydrogen-bond acceptors (Lipinski definition) is 3. The Kier molecular flexibility index (Phi) is 4.60. The van der Waals surface area contributed by atoms with Gasteiger partial charge in [0, 0.05) is 6.61 Å². The van der Waals surface area contributed by atoms with Crippen LogP contribution in [0.2, 0.25) is 0 Å². The van der Waals surface area contributed by atoms with E-state index in [0.29, 0.717) is 6.61 Å². The Balaban J connectivity index is 2.96. The average Bonchev–Trinajstić information content (AvgIpc) is 2.25. The number of hydrogen-bond donors (Lipinski definition) is 0. The highest BCUT2D eigenvalue weighted by atomic mass is 79.9. The number of benzene rings is 1. The van der Waals surface area contributed by atoms with Gasteiger partial charge in [0.2, 0.25) is 0 Å². The van der Waals surface area contributed by atoms with Crippen LogP contribution in [-0.4, -0.2) is 13.7 Å². The first-order valence-corrected chi connectivity index (χ1v) is 5.36. The van der Waals surface area contributed by atoms with Gasteiger partial charge in [-0.15, -0.1) is 0 Å². The van der Waals surface area contributed by atoms with Crippen molar-refractivity contribution in [2.45, 2.75) is 13.0 Å². The minimum atomic E-state index is -0.516. The van der Waals surface area contributed by atoms with Crippen LogP contribution in [0.15, 0.2) is 22.7 Å². The Labute approximate surface area is 97.7 Å². The number of nitriles is 1. The second-order valence-electron chi connectivity index (χ2n) is 2.86. The van der Waals surface area contributed by atoms with E-state index < -0.39 is 6.10 Å². The lowest BCUT2D eigenvalue weighted by atomic mass is 10.1. The summed E-state index contributed by atoms with van der Waals surface area (Å²) >= 11 is 3.37. The molecule has 0 heterocycles. The topological polar surface area (TPSA) is 42.2 Å². The van der Waals surface area contributed by atoms with Gasteiger partial charge in [0.15, 0.2) is 6.10 Å².